The number of aryl methyl sites for hydroxylation is 2. The van der Waals surface area contributed by atoms with Crippen LogP contribution in [0.2, 0.25) is 18.6 Å². The van der Waals surface area contributed by atoms with Crippen molar-refractivity contribution in [1.82, 2.24) is 15.0 Å². The van der Waals surface area contributed by atoms with Crippen LogP contribution in [-0.4, -0.2) is 64.5 Å². The number of amides is 1. The third-order valence-electron chi connectivity index (χ3n) is 7.93. The van der Waals surface area contributed by atoms with Crippen molar-refractivity contribution < 1.29 is 24.2 Å². The third-order valence-corrected chi connectivity index (χ3v) is 10.5. The lowest BCUT2D eigenvalue weighted by Crippen LogP contribution is -2.40. The first kappa shape index (κ1) is 27.5. The molecule has 1 saturated heterocycles. The molecular weight excluding hydrogens is 512 g/mol. The van der Waals surface area contributed by atoms with E-state index >= 15 is 0 Å². The number of aliphatic hydroxyl groups excluding tert-OH is 1. The smallest absolute Gasteiger partial charge is 0.269 e. The minimum Gasteiger partial charge on any atom is -0.482 e. The molecule has 0 bridgehead atoms. The maximum atomic E-state index is 12.6. The first-order chi connectivity index (χ1) is 18.7. The molecule has 0 unspecified atom stereocenters. The average Bonchev–Trinajstić information content (AvgIpc) is 3.50. The number of nitrogens with zero attached hydrogens (tertiary/aromatic N) is 4. The zero-order valence-electron chi connectivity index (χ0n) is 22.9. The van der Waals surface area contributed by atoms with E-state index in [4.69, 9.17) is 14.6 Å². The second-order valence-electron chi connectivity index (χ2n) is 11.2. The first-order valence-electron chi connectivity index (χ1n) is 13.8. The minimum absolute atomic E-state index is 0.0306. The summed E-state index contributed by atoms with van der Waals surface area (Å²) in [5, 5.41) is 17.4. The van der Waals surface area contributed by atoms with E-state index in [1.807, 2.05) is 55.7 Å². The van der Waals surface area contributed by atoms with E-state index in [0.717, 1.165) is 36.3 Å². The van der Waals surface area contributed by atoms with Crippen LogP contribution in [0.5, 0.6) is 5.75 Å². The van der Waals surface area contributed by atoms with Gasteiger partial charge in [-0.25, -0.2) is 0 Å². The Balaban J connectivity index is 1.22. The van der Waals surface area contributed by atoms with E-state index in [0.29, 0.717) is 18.7 Å². The van der Waals surface area contributed by atoms with E-state index in [2.05, 4.69) is 29.4 Å². The second-order valence-corrected chi connectivity index (χ2v) is 15.2. The van der Waals surface area contributed by atoms with Gasteiger partial charge in [-0.1, -0.05) is 36.4 Å². The topological polar surface area (TPSA) is 110 Å². The summed E-state index contributed by atoms with van der Waals surface area (Å²) in [4.78, 5) is 25.5. The highest BCUT2D eigenvalue weighted by molar-refractivity contribution is 6.71. The Morgan fingerprint density at radius 2 is 1.82 bits per heavy atom. The van der Waals surface area contributed by atoms with Crippen molar-refractivity contribution >= 4 is 25.6 Å². The number of aromatic nitrogens is 3. The first-order valence-corrected chi connectivity index (χ1v) is 16.8. The molecule has 2 N–H and O–H groups in total. The second kappa shape index (κ2) is 11.6. The molecule has 2 aliphatic rings. The number of benzene rings is 2. The Labute approximate surface area is 230 Å². The van der Waals surface area contributed by atoms with Gasteiger partial charge in [0.2, 0.25) is 0 Å². The Morgan fingerprint density at radius 3 is 2.56 bits per heavy atom. The van der Waals surface area contributed by atoms with Gasteiger partial charge in [-0.05, 0) is 68.1 Å². The largest absolute Gasteiger partial charge is 0.482 e. The summed E-state index contributed by atoms with van der Waals surface area (Å²) < 4.78 is 14.0. The molecule has 0 spiro atoms. The van der Waals surface area contributed by atoms with Crippen molar-refractivity contribution in [3.05, 3.63) is 66.0 Å². The van der Waals surface area contributed by atoms with Crippen molar-refractivity contribution in [3.63, 3.8) is 0 Å². The van der Waals surface area contributed by atoms with Crippen molar-refractivity contribution in [2.75, 3.05) is 18.1 Å². The van der Waals surface area contributed by atoms with Crippen molar-refractivity contribution in [2.24, 2.45) is 5.92 Å². The fourth-order valence-electron chi connectivity index (χ4n) is 6.12. The quantitative estimate of drug-likeness (QED) is 0.369. The lowest BCUT2D eigenvalue weighted by molar-refractivity contribution is -0.120. The molecule has 0 aliphatic carbocycles. The molecule has 9 nitrogen and oxygen atoms in total. The highest BCUT2D eigenvalue weighted by Gasteiger charge is 2.49. The summed E-state index contributed by atoms with van der Waals surface area (Å²) >= 11 is 0. The summed E-state index contributed by atoms with van der Waals surface area (Å²) in [6.07, 6.45) is 4.87. The molecule has 2 aliphatic heterocycles. The third kappa shape index (κ3) is 6.09. The highest BCUT2D eigenvalue weighted by Crippen LogP contribution is 2.45. The van der Waals surface area contributed by atoms with Gasteiger partial charge in [-0.3, -0.25) is 14.4 Å². The van der Waals surface area contributed by atoms with Crippen LogP contribution in [-0.2, 0) is 28.9 Å². The zero-order chi connectivity index (χ0) is 27.6. The molecule has 10 heteroatoms. The molecule has 1 aromatic heterocycles. The van der Waals surface area contributed by atoms with Gasteiger partial charge in [0.25, 0.3) is 5.91 Å². The highest BCUT2D eigenvalue weighted by atomic mass is 28.4. The van der Waals surface area contributed by atoms with E-state index in [1.54, 1.807) is 9.58 Å². The Kier molecular flexibility index (Phi) is 8.18. The number of rotatable bonds is 10. The fourth-order valence-corrected chi connectivity index (χ4v) is 8.78. The SMILES string of the molecule is C[C@H]1[C@H]([Si](C)(C)O)[C@@H](CCn2cc(CCO)nn2)O[C@H]1CCc1ccc(N2C(=O)COc3ccccc32)cc1. The van der Waals surface area contributed by atoms with Gasteiger partial charge >= 0.3 is 0 Å². The van der Waals surface area contributed by atoms with Crippen LogP contribution in [0, 0.1) is 5.92 Å². The average molecular weight is 551 g/mol. The lowest BCUT2D eigenvalue weighted by Gasteiger charge is -2.30. The van der Waals surface area contributed by atoms with Crippen LogP contribution in [0.3, 0.4) is 0 Å². The van der Waals surface area contributed by atoms with Crippen LogP contribution in [0.4, 0.5) is 11.4 Å². The van der Waals surface area contributed by atoms with Crippen LogP contribution in [0.1, 0.15) is 31.0 Å². The minimum atomic E-state index is -2.46. The van der Waals surface area contributed by atoms with Crippen LogP contribution in [0.25, 0.3) is 0 Å². The van der Waals surface area contributed by atoms with Crippen LogP contribution in [0.15, 0.2) is 54.7 Å². The van der Waals surface area contributed by atoms with Gasteiger partial charge in [-0.15, -0.1) is 5.10 Å². The summed E-state index contributed by atoms with van der Waals surface area (Å²) in [7, 11) is -2.46. The molecule has 1 amide bonds. The molecule has 0 radical (unpaired) electrons. The number of fused-ring (bicyclic) bond motifs is 1. The van der Waals surface area contributed by atoms with Gasteiger partial charge in [0.1, 0.15) is 5.75 Å². The van der Waals surface area contributed by atoms with Crippen molar-refractivity contribution in [2.45, 2.75) is 70.0 Å². The molecule has 4 atom stereocenters. The standard InChI is InChI=1S/C29H38N4O5Si/c1-20-25(38-27(29(20)39(2,3)36)14-16-32-18-22(15-17-34)30-31-32)13-10-21-8-11-23(12-9-21)33-24-6-4-5-7-26(24)37-19-28(33)35/h4-9,11-12,18,20,25,27,29,34,36H,10,13-17,19H2,1-3H3/t20-,25+,27-,29+/m1/s1. The van der Waals surface area contributed by atoms with E-state index in [1.165, 1.54) is 5.56 Å². The monoisotopic (exact) mass is 550 g/mol. The van der Waals surface area contributed by atoms with Gasteiger partial charge < -0.3 is 19.4 Å². The van der Waals surface area contributed by atoms with Gasteiger partial charge in [-0.2, -0.15) is 0 Å². The molecule has 1 fully saturated rings. The molecule has 208 valence electrons. The molecule has 3 aromatic rings. The predicted octanol–water partition coefficient (Wildman–Crippen LogP) is 3.86. The van der Waals surface area contributed by atoms with Crippen molar-refractivity contribution in [1.29, 1.82) is 0 Å². The molecule has 5 rings (SSSR count). The number of hydrogen-bond donors (Lipinski definition) is 2. The van der Waals surface area contributed by atoms with Crippen LogP contribution < -0.4 is 9.64 Å². The fraction of sp³-hybridized carbons (Fsp3) is 0.483. The normalized spacial score (nSPS) is 23.1. The lowest BCUT2D eigenvalue weighted by atomic mass is 9.95. The number of anilines is 2. The Hall–Kier alpha value is -3.05. The maximum Gasteiger partial charge on any atom is 0.269 e. The molecule has 39 heavy (non-hydrogen) atoms. The number of carbonyl (C=O) groups excluding carboxylic acids is 1. The van der Waals surface area contributed by atoms with E-state index in [9.17, 15) is 9.59 Å². The van der Waals surface area contributed by atoms with Gasteiger partial charge in [0, 0.05) is 37.0 Å². The predicted molar refractivity (Wildman–Crippen MR) is 151 cm³/mol. The van der Waals surface area contributed by atoms with Gasteiger partial charge in [0.05, 0.1) is 23.6 Å². The van der Waals surface area contributed by atoms with Gasteiger partial charge in [0.15, 0.2) is 14.9 Å². The number of para-hydroxylation sites is 2. The summed E-state index contributed by atoms with van der Waals surface area (Å²) in [6, 6.07) is 15.7. The van der Waals surface area contributed by atoms with Crippen LogP contribution >= 0.6 is 0 Å². The Bertz CT molecular complexity index is 1280. The number of carbonyl (C=O) groups is 1. The number of ether oxygens (including phenoxy) is 2. The maximum absolute atomic E-state index is 12.6. The number of hydrogen-bond acceptors (Lipinski definition) is 7. The summed E-state index contributed by atoms with van der Waals surface area (Å²) in [6.45, 7) is 6.96. The molecule has 0 saturated carbocycles. The summed E-state index contributed by atoms with van der Waals surface area (Å²) in [5.41, 5.74) is 3.69. The zero-order valence-corrected chi connectivity index (χ0v) is 23.9. The van der Waals surface area contributed by atoms with E-state index in [-0.39, 0.29) is 42.8 Å². The Morgan fingerprint density at radius 1 is 1.05 bits per heavy atom. The van der Waals surface area contributed by atoms with E-state index < -0.39 is 8.32 Å². The summed E-state index contributed by atoms with van der Waals surface area (Å²) in [5.74, 6) is 0.879. The molecule has 3 heterocycles. The van der Waals surface area contributed by atoms with Crippen molar-refractivity contribution in [3.8, 4) is 5.75 Å². The number of aliphatic hydroxyl groups is 1. The molecular formula is C29H38N4O5Si. The molecule has 2 aromatic carbocycles.